The quantitative estimate of drug-likeness (QED) is 0.874. The van der Waals surface area contributed by atoms with Crippen molar-refractivity contribution < 1.29 is 14.7 Å². The van der Waals surface area contributed by atoms with E-state index in [0.29, 0.717) is 5.92 Å². The number of nitrogens with zero attached hydrogens (tertiary/aromatic N) is 3. The van der Waals surface area contributed by atoms with Crippen LogP contribution in [-0.2, 0) is 0 Å². The van der Waals surface area contributed by atoms with Gasteiger partial charge in [0, 0.05) is 23.9 Å². The number of H-pyrrole nitrogens is 1. The minimum absolute atomic E-state index is 0.0861. The summed E-state index contributed by atoms with van der Waals surface area (Å²) in [6, 6.07) is 1.07. The molecule has 2 aromatic heterocycles. The molecule has 2 rings (SSSR count). The van der Waals surface area contributed by atoms with E-state index in [9.17, 15) is 9.59 Å². The number of aromatic amines is 1. The minimum Gasteiger partial charge on any atom is -0.477 e. The summed E-state index contributed by atoms with van der Waals surface area (Å²) in [5, 5.41) is 16.1. The van der Waals surface area contributed by atoms with Crippen molar-refractivity contribution in [2.75, 3.05) is 7.05 Å². The van der Waals surface area contributed by atoms with E-state index in [2.05, 4.69) is 29.0 Å². The number of carboxylic acids is 1. The Kier molecular flexibility index (Phi) is 4.84. The second-order valence-electron chi connectivity index (χ2n) is 5.72. The molecule has 0 radical (unpaired) electrons. The highest BCUT2D eigenvalue weighted by Crippen LogP contribution is 2.32. The molecule has 0 bridgehead atoms. The first-order valence-corrected chi connectivity index (χ1v) is 8.07. The first-order chi connectivity index (χ1) is 10.7. The molecule has 8 heteroatoms. The molecule has 23 heavy (non-hydrogen) atoms. The van der Waals surface area contributed by atoms with E-state index in [4.69, 9.17) is 5.11 Å². The fourth-order valence-electron chi connectivity index (χ4n) is 2.14. The predicted molar refractivity (Wildman–Crippen MR) is 87.0 cm³/mol. The molecule has 0 saturated heterocycles. The maximum absolute atomic E-state index is 12.5. The SMILES string of the molecule is Cc1nc(C(C)C)sc1C(C)N(C)C(=O)c1cc(C(=O)O)[nH]n1. The van der Waals surface area contributed by atoms with Crippen LogP contribution in [0.1, 0.15) is 69.3 Å². The smallest absolute Gasteiger partial charge is 0.353 e. The number of aromatic nitrogens is 3. The number of thiazole rings is 1. The van der Waals surface area contributed by atoms with Crippen molar-refractivity contribution in [2.45, 2.75) is 39.7 Å². The number of carboxylic acid groups (broad SMARTS) is 1. The van der Waals surface area contributed by atoms with Gasteiger partial charge in [-0.1, -0.05) is 13.8 Å². The lowest BCUT2D eigenvalue weighted by Crippen LogP contribution is -2.29. The van der Waals surface area contributed by atoms with Crippen LogP contribution in [0.25, 0.3) is 0 Å². The molecule has 2 heterocycles. The molecule has 0 saturated carbocycles. The van der Waals surface area contributed by atoms with E-state index in [0.717, 1.165) is 15.6 Å². The minimum atomic E-state index is -1.15. The highest BCUT2D eigenvalue weighted by atomic mass is 32.1. The molecule has 0 aliphatic carbocycles. The van der Waals surface area contributed by atoms with E-state index >= 15 is 0 Å². The second kappa shape index (κ2) is 6.49. The van der Waals surface area contributed by atoms with Gasteiger partial charge in [0.05, 0.1) is 16.7 Å². The lowest BCUT2D eigenvalue weighted by molar-refractivity contribution is 0.0689. The molecule has 124 valence electrons. The van der Waals surface area contributed by atoms with Crippen LogP contribution in [0.2, 0.25) is 0 Å². The molecular weight excluding hydrogens is 316 g/mol. The van der Waals surface area contributed by atoms with Gasteiger partial charge in [-0.15, -0.1) is 11.3 Å². The Labute approximate surface area is 138 Å². The number of hydrogen-bond acceptors (Lipinski definition) is 5. The Balaban J connectivity index is 2.22. The zero-order chi connectivity index (χ0) is 17.3. The highest BCUT2D eigenvalue weighted by Gasteiger charge is 2.25. The topological polar surface area (TPSA) is 99.2 Å². The normalized spacial score (nSPS) is 12.4. The van der Waals surface area contributed by atoms with E-state index < -0.39 is 5.97 Å². The molecule has 1 unspecified atom stereocenters. The first-order valence-electron chi connectivity index (χ1n) is 7.25. The van der Waals surface area contributed by atoms with Crippen molar-refractivity contribution in [3.8, 4) is 0 Å². The summed E-state index contributed by atoms with van der Waals surface area (Å²) in [6.07, 6.45) is 0. The molecule has 0 fully saturated rings. The number of aryl methyl sites for hydroxylation is 1. The van der Waals surface area contributed by atoms with Crippen molar-refractivity contribution in [2.24, 2.45) is 0 Å². The number of carbonyl (C=O) groups is 2. The zero-order valence-corrected chi connectivity index (χ0v) is 14.6. The van der Waals surface area contributed by atoms with Gasteiger partial charge in [0.15, 0.2) is 5.69 Å². The van der Waals surface area contributed by atoms with Crippen molar-refractivity contribution in [3.63, 3.8) is 0 Å². The zero-order valence-electron chi connectivity index (χ0n) is 13.7. The van der Waals surface area contributed by atoms with E-state index in [1.54, 1.807) is 23.3 Å². The van der Waals surface area contributed by atoms with Crippen LogP contribution in [-0.4, -0.2) is 44.1 Å². The van der Waals surface area contributed by atoms with E-state index in [1.165, 1.54) is 6.07 Å². The van der Waals surface area contributed by atoms with Gasteiger partial charge in [0.1, 0.15) is 5.69 Å². The predicted octanol–water partition coefficient (Wildman–Crippen LogP) is 2.83. The van der Waals surface area contributed by atoms with Crippen LogP contribution in [0.3, 0.4) is 0 Å². The van der Waals surface area contributed by atoms with Crippen molar-refractivity contribution in [1.82, 2.24) is 20.1 Å². The molecule has 0 aliphatic heterocycles. The van der Waals surface area contributed by atoms with Crippen LogP contribution < -0.4 is 0 Å². The molecule has 2 N–H and O–H groups in total. The average Bonchev–Trinajstić information content (AvgIpc) is 3.11. The Morgan fingerprint density at radius 1 is 1.35 bits per heavy atom. The van der Waals surface area contributed by atoms with Crippen LogP contribution in [0, 0.1) is 6.92 Å². The number of aromatic carboxylic acids is 1. The third-order valence-electron chi connectivity index (χ3n) is 3.65. The number of carbonyl (C=O) groups excluding carboxylic acids is 1. The number of nitrogens with one attached hydrogen (secondary N) is 1. The number of rotatable bonds is 5. The van der Waals surface area contributed by atoms with Crippen LogP contribution >= 0.6 is 11.3 Å². The summed E-state index contributed by atoms with van der Waals surface area (Å²) in [6.45, 7) is 8.02. The third-order valence-corrected chi connectivity index (χ3v) is 5.28. The van der Waals surface area contributed by atoms with Gasteiger partial charge in [-0.05, 0) is 13.8 Å². The Hall–Kier alpha value is -2.22. The van der Waals surface area contributed by atoms with Crippen molar-refractivity contribution in [3.05, 3.63) is 33.0 Å². The summed E-state index contributed by atoms with van der Waals surface area (Å²) in [5.74, 6) is -1.14. The Morgan fingerprint density at radius 2 is 2.00 bits per heavy atom. The van der Waals surface area contributed by atoms with Crippen LogP contribution in [0.15, 0.2) is 6.07 Å². The lowest BCUT2D eigenvalue weighted by atomic mass is 10.2. The van der Waals surface area contributed by atoms with Gasteiger partial charge in [0.2, 0.25) is 0 Å². The average molecular weight is 336 g/mol. The van der Waals surface area contributed by atoms with E-state index in [1.807, 2.05) is 13.8 Å². The van der Waals surface area contributed by atoms with Gasteiger partial charge in [0.25, 0.3) is 5.91 Å². The van der Waals surface area contributed by atoms with Crippen molar-refractivity contribution in [1.29, 1.82) is 0 Å². The fourth-order valence-corrected chi connectivity index (χ4v) is 3.30. The van der Waals surface area contributed by atoms with Gasteiger partial charge in [-0.3, -0.25) is 9.89 Å². The molecule has 7 nitrogen and oxygen atoms in total. The summed E-state index contributed by atoms with van der Waals surface area (Å²) in [4.78, 5) is 30.5. The second-order valence-corrected chi connectivity index (χ2v) is 6.78. The standard InChI is InChI=1S/C15H20N4O3S/c1-7(2)13-16-8(3)12(23-13)9(4)19(5)14(20)10-6-11(15(21)22)18-17-10/h6-7,9H,1-5H3,(H,17,18)(H,21,22). The van der Waals surface area contributed by atoms with Crippen molar-refractivity contribution >= 4 is 23.2 Å². The molecule has 1 amide bonds. The van der Waals surface area contributed by atoms with E-state index in [-0.39, 0.29) is 23.3 Å². The molecule has 0 aliphatic rings. The maximum atomic E-state index is 12.5. The number of amides is 1. The summed E-state index contributed by atoms with van der Waals surface area (Å²) in [5.41, 5.74) is 0.896. The highest BCUT2D eigenvalue weighted by molar-refractivity contribution is 7.11. The number of hydrogen-bond donors (Lipinski definition) is 2. The Bertz CT molecular complexity index is 735. The molecule has 0 spiro atoms. The summed E-state index contributed by atoms with van der Waals surface area (Å²) < 4.78 is 0. The lowest BCUT2D eigenvalue weighted by Gasteiger charge is -2.23. The van der Waals surface area contributed by atoms with Crippen LogP contribution in [0.5, 0.6) is 0 Å². The molecule has 2 aromatic rings. The molecular formula is C15H20N4O3S. The summed E-state index contributed by atoms with van der Waals surface area (Å²) in [7, 11) is 1.68. The fraction of sp³-hybridized carbons (Fsp3) is 0.467. The Morgan fingerprint density at radius 3 is 2.48 bits per heavy atom. The van der Waals surface area contributed by atoms with Gasteiger partial charge in [-0.25, -0.2) is 9.78 Å². The van der Waals surface area contributed by atoms with Gasteiger partial charge >= 0.3 is 5.97 Å². The van der Waals surface area contributed by atoms with Gasteiger partial charge in [-0.2, -0.15) is 5.10 Å². The maximum Gasteiger partial charge on any atom is 0.353 e. The van der Waals surface area contributed by atoms with Gasteiger partial charge < -0.3 is 10.0 Å². The molecule has 0 aromatic carbocycles. The third kappa shape index (κ3) is 3.42. The molecule has 1 atom stereocenters. The largest absolute Gasteiger partial charge is 0.477 e. The summed E-state index contributed by atoms with van der Waals surface area (Å²) >= 11 is 1.60. The first kappa shape index (κ1) is 17.1. The van der Waals surface area contributed by atoms with Crippen LogP contribution in [0.4, 0.5) is 0 Å². The monoisotopic (exact) mass is 336 g/mol.